The number of likely N-dealkylation sites (tertiary alicyclic amines) is 1. The molecular weight excluding hydrogens is 272 g/mol. The lowest BCUT2D eigenvalue weighted by Crippen LogP contribution is -2.57. The van der Waals surface area contributed by atoms with Crippen LogP contribution in [0.3, 0.4) is 0 Å². The molecule has 6 heteroatoms. The van der Waals surface area contributed by atoms with Crippen LogP contribution in [0.1, 0.15) is 52.4 Å². The van der Waals surface area contributed by atoms with Crippen molar-refractivity contribution < 1.29 is 19.4 Å². The van der Waals surface area contributed by atoms with E-state index >= 15 is 0 Å². The number of ether oxygens (including phenoxy) is 1. The first kappa shape index (κ1) is 16.1. The molecule has 2 fully saturated rings. The number of carboxylic acid groups (broad SMARTS) is 1. The number of rotatable bonds is 4. The Balaban J connectivity index is 1.96. The number of carboxylic acids is 1. The third kappa shape index (κ3) is 3.87. The van der Waals surface area contributed by atoms with Crippen molar-refractivity contribution in [2.75, 3.05) is 13.2 Å². The number of aliphatic carboxylic acids is 1. The van der Waals surface area contributed by atoms with Gasteiger partial charge in [-0.05, 0) is 46.0 Å². The summed E-state index contributed by atoms with van der Waals surface area (Å²) in [5, 5.41) is 11.9. The molecule has 3 unspecified atom stereocenters. The lowest BCUT2D eigenvalue weighted by molar-refractivity contribution is -0.137. The first-order valence-electron chi connectivity index (χ1n) is 7.84. The van der Waals surface area contributed by atoms with E-state index in [1.165, 1.54) is 0 Å². The molecule has 2 aliphatic heterocycles. The Hall–Kier alpha value is -1.30. The summed E-state index contributed by atoms with van der Waals surface area (Å²) in [6, 6.07) is -0.0407. The first-order valence-corrected chi connectivity index (χ1v) is 7.84. The minimum absolute atomic E-state index is 0.00344. The highest BCUT2D eigenvalue weighted by molar-refractivity contribution is 5.76. The summed E-state index contributed by atoms with van der Waals surface area (Å²) in [6.07, 6.45) is 4.40. The van der Waals surface area contributed by atoms with E-state index in [-0.39, 0.29) is 30.1 Å². The van der Waals surface area contributed by atoms with Crippen LogP contribution in [0.15, 0.2) is 0 Å². The van der Waals surface area contributed by atoms with E-state index in [0.717, 1.165) is 25.7 Å². The monoisotopic (exact) mass is 298 g/mol. The van der Waals surface area contributed by atoms with E-state index in [1.54, 1.807) is 0 Å². The molecule has 120 valence electrons. The number of hydrogen-bond donors (Lipinski definition) is 2. The van der Waals surface area contributed by atoms with Gasteiger partial charge in [0.2, 0.25) is 0 Å². The van der Waals surface area contributed by atoms with Crippen molar-refractivity contribution in [2.45, 2.75) is 70.1 Å². The number of urea groups is 1. The number of piperidine rings is 1. The quantitative estimate of drug-likeness (QED) is 0.832. The van der Waals surface area contributed by atoms with Crippen molar-refractivity contribution in [2.24, 2.45) is 0 Å². The Bertz CT molecular complexity index is 401. The van der Waals surface area contributed by atoms with E-state index in [0.29, 0.717) is 19.6 Å². The van der Waals surface area contributed by atoms with Crippen LogP contribution in [-0.2, 0) is 9.53 Å². The van der Waals surface area contributed by atoms with Crippen LogP contribution in [0.25, 0.3) is 0 Å². The maximum atomic E-state index is 12.6. The topological polar surface area (TPSA) is 78.9 Å². The van der Waals surface area contributed by atoms with E-state index in [2.05, 4.69) is 5.32 Å². The SMILES string of the molecule is CC1OCCC1(C)NC(=O)N1CCCCC1CCC(=O)O. The number of nitrogens with zero attached hydrogens (tertiary/aromatic N) is 1. The summed E-state index contributed by atoms with van der Waals surface area (Å²) in [5.41, 5.74) is -0.328. The molecule has 2 amide bonds. The molecular formula is C15H26N2O4. The van der Waals surface area contributed by atoms with Gasteiger partial charge in [-0.2, -0.15) is 0 Å². The Kier molecular flexibility index (Phi) is 5.08. The average molecular weight is 298 g/mol. The van der Waals surface area contributed by atoms with E-state index in [1.807, 2.05) is 18.7 Å². The smallest absolute Gasteiger partial charge is 0.318 e. The van der Waals surface area contributed by atoms with Crippen LogP contribution in [0.2, 0.25) is 0 Å². The van der Waals surface area contributed by atoms with Crippen LogP contribution >= 0.6 is 0 Å². The zero-order valence-corrected chi connectivity index (χ0v) is 12.9. The van der Waals surface area contributed by atoms with Gasteiger partial charge in [0.15, 0.2) is 0 Å². The molecule has 3 atom stereocenters. The van der Waals surface area contributed by atoms with E-state index in [4.69, 9.17) is 9.84 Å². The van der Waals surface area contributed by atoms with Crippen LogP contribution in [-0.4, -0.2) is 52.8 Å². The highest BCUT2D eigenvalue weighted by Crippen LogP contribution is 2.27. The average Bonchev–Trinajstić information content (AvgIpc) is 2.76. The minimum atomic E-state index is -0.800. The maximum absolute atomic E-state index is 12.6. The van der Waals surface area contributed by atoms with Crippen molar-refractivity contribution in [1.29, 1.82) is 0 Å². The second-order valence-electron chi connectivity index (χ2n) is 6.39. The fraction of sp³-hybridized carbons (Fsp3) is 0.867. The zero-order valence-electron chi connectivity index (χ0n) is 12.9. The molecule has 6 nitrogen and oxygen atoms in total. The largest absolute Gasteiger partial charge is 0.481 e. The van der Waals surface area contributed by atoms with Crippen LogP contribution in [0, 0.1) is 0 Å². The van der Waals surface area contributed by atoms with E-state index in [9.17, 15) is 9.59 Å². The Morgan fingerprint density at radius 2 is 2.19 bits per heavy atom. The lowest BCUT2D eigenvalue weighted by atomic mass is 9.94. The molecule has 2 heterocycles. The standard InChI is InChI=1S/C15H26N2O4/c1-11-15(2,8-10-21-11)16-14(20)17-9-4-3-5-12(17)6-7-13(18)19/h11-12H,3-10H2,1-2H3,(H,16,20)(H,18,19). The molecule has 21 heavy (non-hydrogen) atoms. The van der Waals surface area contributed by atoms with Crippen LogP contribution < -0.4 is 5.32 Å². The van der Waals surface area contributed by atoms with Crippen LogP contribution in [0.4, 0.5) is 4.79 Å². The second-order valence-corrected chi connectivity index (χ2v) is 6.39. The number of carbonyl (C=O) groups is 2. The fourth-order valence-electron chi connectivity index (χ4n) is 3.17. The van der Waals surface area contributed by atoms with Gasteiger partial charge >= 0.3 is 12.0 Å². The number of hydrogen-bond acceptors (Lipinski definition) is 3. The lowest BCUT2D eigenvalue weighted by Gasteiger charge is -2.39. The molecule has 0 spiro atoms. The normalized spacial score (nSPS) is 33.0. The summed E-state index contributed by atoms with van der Waals surface area (Å²) in [5.74, 6) is -0.800. The summed E-state index contributed by atoms with van der Waals surface area (Å²) in [6.45, 7) is 5.37. The molecule has 0 saturated carbocycles. The van der Waals surface area contributed by atoms with Gasteiger partial charge in [0, 0.05) is 25.6 Å². The first-order chi connectivity index (χ1) is 9.92. The van der Waals surface area contributed by atoms with Crippen LogP contribution in [0.5, 0.6) is 0 Å². The molecule has 0 aromatic rings. The van der Waals surface area contributed by atoms with Gasteiger partial charge in [-0.25, -0.2) is 4.79 Å². The van der Waals surface area contributed by atoms with Crippen molar-refractivity contribution in [3.63, 3.8) is 0 Å². The summed E-state index contributed by atoms with van der Waals surface area (Å²) in [7, 11) is 0. The third-order valence-corrected chi connectivity index (χ3v) is 4.86. The predicted molar refractivity (Wildman–Crippen MR) is 78.2 cm³/mol. The Morgan fingerprint density at radius 3 is 2.81 bits per heavy atom. The van der Waals surface area contributed by atoms with Gasteiger partial charge in [-0.3, -0.25) is 4.79 Å². The number of amides is 2. The third-order valence-electron chi connectivity index (χ3n) is 4.86. The Labute approximate surface area is 125 Å². The summed E-state index contributed by atoms with van der Waals surface area (Å²) < 4.78 is 5.55. The van der Waals surface area contributed by atoms with Gasteiger partial charge in [0.1, 0.15) is 0 Å². The fourth-order valence-corrected chi connectivity index (χ4v) is 3.17. The molecule has 2 aliphatic rings. The molecule has 0 aromatic heterocycles. The molecule has 0 bridgehead atoms. The van der Waals surface area contributed by atoms with Gasteiger partial charge in [0.05, 0.1) is 11.6 Å². The highest BCUT2D eigenvalue weighted by atomic mass is 16.5. The summed E-state index contributed by atoms with van der Waals surface area (Å²) >= 11 is 0. The summed E-state index contributed by atoms with van der Waals surface area (Å²) in [4.78, 5) is 25.1. The predicted octanol–water partition coefficient (Wildman–Crippen LogP) is 1.98. The van der Waals surface area contributed by atoms with Gasteiger partial charge < -0.3 is 20.1 Å². The van der Waals surface area contributed by atoms with Gasteiger partial charge in [-0.1, -0.05) is 0 Å². The maximum Gasteiger partial charge on any atom is 0.318 e. The van der Waals surface area contributed by atoms with E-state index < -0.39 is 5.97 Å². The molecule has 0 aliphatic carbocycles. The highest BCUT2D eigenvalue weighted by Gasteiger charge is 2.40. The van der Waals surface area contributed by atoms with Crippen molar-refractivity contribution >= 4 is 12.0 Å². The zero-order chi connectivity index (χ0) is 15.5. The molecule has 0 radical (unpaired) electrons. The number of nitrogens with one attached hydrogen (secondary N) is 1. The number of carbonyl (C=O) groups excluding carboxylic acids is 1. The van der Waals surface area contributed by atoms with Gasteiger partial charge in [-0.15, -0.1) is 0 Å². The minimum Gasteiger partial charge on any atom is -0.481 e. The molecule has 2 N–H and O–H groups in total. The van der Waals surface area contributed by atoms with Crippen molar-refractivity contribution in [3.05, 3.63) is 0 Å². The van der Waals surface area contributed by atoms with Crippen molar-refractivity contribution in [3.8, 4) is 0 Å². The molecule has 2 saturated heterocycles. The van der Waals surface area contributed by atoms with Crippen molar-refractivity contribution in [1.82, 2.24) is 10.2 Å². The molecule has 0 aromatic carbocycles. The van der Waals surface area contributed by atoms with Gasteiger partial charge in [0.25, 0.3) is 0 Å². The molecule has 2 rings (SSSR count). The Morgan fingerprint density at radius 1 is 1.43 bits per heavy atom. The second kappa shape index (κ2) is 6.64.